The lowest BCUT2D eigenvalue weighted by atomic mass is 10.2. The predicted octanol–water partition coefficient (Wildman–Crippen LogP) is 3.23. The number of nitrogens with one attached hydrogen (secondary N) is 1. The summed E-state index contributed by atoms with van der Waals surface area (Å²) in [5.74, 6) is 0. The summed E-state index contributed by atoms with van der Waals surface area (Å²) in [7, 11) is 0. The van der Waals surface area contributed by atoms with E-state index in [4.69, 9.17) is 0 Å². The average molecular weight is 264 g/mol. The molecule has 0 radical (unpaired) electrons. The zero-order chi connectivity index (χ0) is 13.0. The average Bonchev–Trinajstić information content (AvgIpc) is 2.30. The van der Waals surface area contributed by atoms with Crippen molar-refractivity contribution in [2.24, 2.45) is 0 Å². The largest absolute Gasteiger partial charge is 0.384 e. The van der Waals surface area contributed by atoms with Gasteiger partial charge in [-0.3, -0.25) is 4.90 Å². The number of thioether (sulfide) groups is 1. The van der Waals surface area contributed by atoms with Crippen LogP contribution in [0.2, 0.25) is 0 Å². The topological polar surface area (TPSA) is 15.3 Å². The third kappa shape index (κ3) is 3.92. The summed E-state index contributed by atoms with van der Waals surface area (Å²) in [6, 6.07) is 8.50. The van der Waals surface area contributed by atoms with E-state index in [1.807, 2.05) is 0 Å². The molecule has 100 valence electrons. The Kier molecular flexibility index (Phi) is 4.95. The van der Waals surface area contributed by atoms with E-state index in [0.29, 0.717) is 0 Å². The van der Waals surface area contributed by atoms with Crippen LogP contribution in [0.15, 0.2) is 24.3 Å². The van der Waals surface area contributed by atoms with Gasteiger partial charge in [0.2, 0.25) is 0 Å². The van der Waals surface area contributed by atoms with E-state index in [1.54, 1.807) is 0 Å². The van der Waals surface area contributed by atoms with Gasteiger partial charge in [-0.1, -0.05) is 32.0 Å². The molecular formula is C15H24N2S. The van der Waals surface area contributed by atoms with Crippen LogP contribution in [0.1, 0.15) is 19.4 Å². The molecule has 0 amide bonds. The van der Waals surface area contributed by atoms with E-state index in [1.165, 1.54) is 24.3 Å². The zero-order valence-electron chi connectivity index (χ0n) is 11.6. The molecule has 1 aromatic rings. The van der Waals surface area contributed by atoms with Gasteiger partial charge in [0, 0.05) is 42.4 Å². The molecule has 2 atom stereocenters. The van der Waals surface area contributed by atoms with Crippen LogP contribution in [0.4, 0.5) is 5.69 Å². The first-order valence-corrected chi connectivity index (χ1v) is 7.76. The van der Waals surface area contributed by atoms with E-state index < -0.39 is 0 Å². The second-order valence-corrected chi connectivity index (χ2v) is 7.14. The Morgan fingerprint density at radius 3 is 2.56 bits per heavy atom. The highest BCUT2D eigenvalue weighted by molar-refractivity contribution is 8.00. The minimum Gasteiger partial charge on any atom is -0.384 e. The maximum absolute atomic E-state index is 3.54. The lowest BCUT2D eigenvalue weighted by Gasteiger charge is -2.34. The first-order chi connectivity index (χ1) is 8.65. The molecule has 1 N–H and O–H groups in total. The zero-order valence-corrected chi connectivity index (χ0v) is 12.5. The molecule has 18 heavy (non-hydrogen) atoms. The lowest BCUT2D eigenvalue weighted by Crippen LogP contribution is -2.42. The normalized spacial score (nSPS) is 25.1. The summed E-state index contributed by atoms with van der Waals surface area (Å²) in [4.78, 5) is 2.58. The molecule has 0 saturated carbocycles. The summed E-state index contributed by atoms with van der Waals surface area (Å²) < 4.78 is 0. The van der Waals surface area contributed by atoms with E-state index >= 15 is 0 Å². The van der Waals surface area contributed by atoms with Gasteiger partial charge in [0.05, 0.1) is 0 Å². The van der Waals surface area contributed by atoms with Crippen LogP contribution in [0.25, 0.3) is 0 Å². The second kappa shape index (κ2) is 6.48. The number of para-hydroxylation sites is 1. The fourth-order valence-corrected chi connectivity index (χ4v) is 3.97. The Hall–Kier alpha value is -0.670. The van der Waals surface area contributed by atoms with E-state index in [0.717, 1.165) is 23.6 Å². The van der Waals surface area contributed by atoms with Gasteiger partial charge in [0.15, 0.2) is 0 Å². The van der Waals surface area contributed by atoms with Gasteiger partial charge in [-0.15, -0.1) is 0 Å². The number of anilines is 1. The summed E-state index contributed by atoms with van der Waals surface area (Å²) in [5.41, 5.74) is 2.60. The quantitative estimate of drug-likeness (QED) is 0.899. The maximum atomic E-state index is 3.54. The van der Waals surface area contributed by atoms with Crippen LogP contribution in [0.5, 0.6) is 0 Å². The summed E-state index contributed by atoms with van der Waals surface area (Å²) in [5, 5.41) is 5.08. The Balaban J connectivity index is 1.77. The van der Waals surface area contributed by atoms with Crippen molar-refractivity contribution < 1.29 is 0 Å². The lowest BCUT2D eigenvalue weighted by molar-refractivity contribution is 0.281. The van der Waals surface area contributed by atoms with Crippen LogP contribution < -0.4 is 5.32 Å². The molecule has 2 unspecified atom stereocenters. The van der Waals surface area contributed by atoms with E-state index in [9.17, 15) is 0 Å². The van der Waals surface area contributed by atoms with Gasteiger partial charge < -0.3 is 5.32 Å². The Morgan fingerprint density at radius 2 is 1.89 bits per heavy atom. The molecular weight excluding hydrogens is 240 g/mol. The molecule has 1 aliphatic heterocycles. The van der Waals surface area contributed by atoms with Crippen molar-refractivity contribution in [2.75, 3.05) is 31.5 Å². The van der Waals surface area contributed by atoms with Crippen molar-refractivity contribution in [3.05, 3.63) is 29.8 Å². The van der Waals surface area contributed by atoms with Crippen molar-refractivity contribution in [1.29, 1.82) is 0 Å². The molecule has 2 nitrogen and oxygen atoms in total. The smallest absolute Gasteiger partial charge is 0.0370 e. The first kappa shape index (κ1) is 13.8. The summed E-state index contributed by atoms with van der Waals surface area (Å²) >= 11 is 2.12. The van der Waals surface area contributed by atoms with Crippen LogP contribution in [-0.2, 0) is 0 Å². The van der Waals surface area contributed by atoms with E-state index in [2.05, 4.69) is 67.0 Å². The molecule has 1 aromatic carbocycles. The fourth-order valence-electron chi connectivity index (χ4n) is 2.59. The third-order valence-electron chi connectivity index (χ3n) is 3.38. The number of rotatable bonds is 4. The Labute approximate surface area is 115 Å². The Morgan fingerprint density at radius 1 is 1.22 bits per heavy atom. The summed E-state index contributed by atoms with van der Waals surface area (Å²) in [6.07, 6.45) is 0. The van der Waals surface area contributed by atoms with Crippen molar-refractivity contribution in [3.63, 3.8) is 0 Å². The molecule has 1 aliphatic rings. The van der Waals surface area contributed by atoms with Crippen LogP contribution in [-0.4, -0.2) is 41.6 Å². The van der Waals surface area contributed by atoms with Gasteiger partial charge >= 0.3 is 0 Å². The second-order valence-electron chi connectivity index (χ2n) is 5.26. The minimum absolute atomic E-state index is 0.771. The molecule has 1 fully saturated rings. The van der Waals surface area contributed by atoms with Crippen molar-refractivity contribution in [2.45, 2.75) is 31.3 Å². The van der Waals surface area contributed by atoms with Crippen LogP contribution >= 0.6 is 11.8 Å². The molecule has 0 spiro atoms. The van der Waals surface area contributed by atoms with Crippen LogP contribution in [0.3, 0.4) is 0 Å². The predicted molar refractivity (Wildman–Crippen MR) is 82.6 cm³/mol. The highest BCUT2D eigenvalue weighted by Crippen LogP contribution is 2.24. The van der Waals surface area contributed by atoms with Crippen molar-refractivity contribution in [3.8, 4) is 0 Å². The van der Waals surface area contributed by atoms with Gasteiger partial charge in [0.25, 0.3) is 0 Å². The number of hydrogen-bond donors (Lipinski definition) is 1. The van der Waals surface area contributed by atoms with E-state index in [-0.39, 0.29) is 0 Å². The Bertz CT molecular complexity index is 371. The third-order valence-corrected chi connectivity index (χ3v) is 4.61. The first-order valence-electron chi connectivity index (χ1n) is 6.82. The standard InChI is InChI=1S/C15H24N2S/c1-12-6-4-5-7-15(12)16-8-9-17-10-13(2)18-14(3)11-17/h4-7,13-14,16H,8-11H2,1-3H3. The molecule has 1 heterocycles. The molecule has 0 aromatic heterocycles. The summed E-state index contributed by atoms with van der Waals surface area (Å²) in [6.45, 7) is 11.5. The molecule has 2 rings (SSSR count). The highest BCUT2D eigenvalue weighted by atomic mass is 32.2. The number of nitrogens with zero attached hydrogens (tertiary/aromatic N) is 1. The number of aryl methyl sites for hydroxylation is 1. The molecule has 3 heteroatoms. The minimum atomic E-state index is 0.771. The fraction of sp³-hybridized carbons (Fsp3) is 0.600. The van der Waals surface area contributed by atoms with Gasteiger partial charge in [-0.05, 0) is 18.6 Å². The number of benzene rings is 1. The molecule has 0 aliphatic carbocycles. The number of hydrogen-bond acceptors (Lipinski definition) is 3. The van der Waals surface area contributed by atoms with Gasteiger partial charge in [0.1, 0.15) is 0 Å². The van der Waals surface area contributed by atoms with Crippen molar-refractivity contribution in [1.82, 2.24) is 4.90 Å². The highest BCUT2D eigenvalue weighted by Gasteiger charge is 2.21. The van der Waals surface area contributed by atoms with Crippen LogP contribution in [0, 0.1) is 6.92 Å². The van der Waals surface area contributed by atoms with Crippen molar-refractivity contribution >= 4 is 17.4 Å². The van der Waals surface area contributed by atoms with Gasteiger partial charge in [-0.25, -0.2) is 0 Å². The molecule has 0 bridgehead atoms. The van der Waals surface area contributed by atoms with Gasteiger partial charge in [-0.2, -0.15) is 11.8 Å². The SMILES string of the molecule is Cc1ccccc1NCCN1CC(C)SC(C)C1. The maximum Gasteiger partial charge on any atom is 0.0370 e. The monoisotopic (exact) mass is 264 g/mol. The molecule has 1 saturated heterocycles.